The highest BCUT2D eigenvalue weighted by Crippen LogP contribution is 2.26. The average Bonchev–Trinajstić information content (AvgIpc) is 2.58. The first-order chi connectivity index (χ1) is 11.5. The molecule has 1 atom stereocenters. The zero-order chi connectivity index (χ0) is 17.5. The van der Waals surface area contributed by atoms with E-state index in [0.717, 1.165) is 16.9 Å². The number of methoxy groups -OCH3 is 1. The maximum absolute atomic E-state index is 11.9. The fourth-order valence-corrected chi connectivity index (χ4v) is 2.14. The van der Waals surface area contributed by atoms with Crippen molar-refractivity contribution in [3.8, 4) is 11.6 Å². The van der Waals surface area contributed by atoms with Crippen LogP contribution in [0.1, 0.15) is 17.5 Å². The van der Waals surface area contributed by atoms with Gasteiger partial charge in [0.2, 0.25) is 11.8 Å². The van der Waals surface area contributed by atoms with Crippen LogP contribution in [0, 0.1) is 13.8 Å². The lowest BCUT2D eigenvalue weighted by molar-refractivity contribution is -0.118. The topological polar surface area (TPSA) is 86.5 Å². The second-order valence-electron chi connectivity index (χ2n) is 5.53. The lowest BCUT2D eigenvalue weighted by atomic mass is 10.1. The predicted molar refractivity (Wildman–Crippen MR) is 93.3 cm³/mol. The quantitative estimate of drug-likeness (QED) is 0.816. The van der Waals surface area contributed by atoms with Crippen LogP contribution in [0.3, 0.4) is 0 Å². The molecule has 24 heavy (non-hydrogen) atoms. The molecule has 0 saturated carbocycles. The van der Waals surface area contributed by atoms with Gasteiger partial charge >= 0.3 is 0 Å². The second-order valence-corrected chi connectivity index (χ2v) is 5.53. The van der Waals surface area contributed by atoms with E-state index in [4.69, 9.17) is 15.2 Å². The van der Waals surface area contributed by atoms with Crippen molar-refractivity contribution < 1.29 is 14.3 Å². The van der Waals surface area contributed by atoms with Crippen LogP contribution in [-0.2, 0) is 9.53 Å². The molecule has 0 fully saturated rings. The van der Waals surface area contributed by atoms with Gasteiger partial charge in [-0.15, -0.1) is 0 Å². The van der Waals surface area contributed by atoms with Crippen molar-refractivity contribution >= 4 is 11.6 Å². The molecule has 1 aromatic heterocycles. The Kier molecular flexibility index (Phi) is 6.28. The molecule has 1 amide bonds. The van der Waals surface area contributed by atoms with Gasteiger partial charge in [-0.3, -0.25) is 4.79 Å². The zero-order valence-electron chi connectivity index (χ0n) is 14.2. The summed E-state index contributed by atoms with van der Waals surface area (Å²) in [5, 5.41) is 2.76. The molecule has 0 aliphatic rings. The van der Waals surface area contributed by atoms with E-state index in [1.54, 1.807) is 18.3 Å². The SMILES string of the molecule is COC(CN)CC(=O)Nc1ccc(Oc2cccc(C)c2C)nc1. The van der Waals surface area contributed by atoms with Gasteiger partial charge in [0.15, 0.2) is 0 Å². The minimum absolute atomic E-state index is 0.169. The maximum Gasteiger partial charge on any atom is 0.227 e. The van der Waals surface area contributed by atoms with Gasteiger partial charge in [0.05, 0.1) is 24.4 Å². The summed E-state index contributed by atoms with van der Waals surface area (Å²) >= 11 is 0. The standard InChI is InChI=1S/C18H23N3O3/c1-12-5-4-6-16(13(12)2)24-18-8-7-14(11-20-18)21-17(22)9-15(10-19)23-3/h4-8,11,15H,9-10,19H2,1-3H3,(H,21,22). The van der Waals surface area contributed by atoms with Crippen molar-refractivity contribution in [2.45, 2.75) is 26.4 Å². The number of rotatable bonds is 7. The minimum atomic E-state index is -0.287. The second kappa shape index (κ2) is 8.42. The summed E-state index contributed by atoms with van der Waals surface area (Å²) in [4.78, 5) is 16.1. The molecule has 1 unspecified atom stereocenters. The van der Waals surface area contributed by atoms with Crippen molar-refractivity contribution in [2.75, 3.05) is 19.0 Å². The lowest BCUT2D eigenvalue weighted by Crippen LogP contribution is -2.28. The Balaban J connectivity index is 1.98. The number of hydrogen-bond donors (Lipinski definition) is 2. The van der Waals surface area contributed by atoms with E-state index in [-0.39, 0.29) is 18.4 Å². The monoisotopic (exact) mass is 329 g/mol. The van der Waals surface area contributed by atoms with E-state index < -0.39 is 0 Å². The van der Waals surface area contributed by atoms with Crippen molar-refractivity contribution in [3.63, 3.8) is 0 Å². The molecule has 6 nitrogen and oxygen atoms in total. The fraction of sp³-hybridized carbons (Fsp3) is 0.333. The van der Waals surface area contributed by atoms with Crippen molar-refractivity contribution in [2.24, 2.45) is 5.73 Å². The molecule has 2 aromatic rings. The first-order valence-electron chi connectivity index (χ1n) is 7.76. The number of nitrogens with two attached hydrogens (primary N) is 1. The summed E-state index contributed by atoms with van der Waals surface area (Å²) in [7, 11) is 1.53. The van der Waals surface area contributed by atoms with Gasteiger partial charge in [0.1, 0.15) is 5.75 Å². The van der Waals surface area contributed by atoms with E-state index in [0.29, 0.717) is 18.1 Å². The molecule has 1 heterocycles. The van der Waals surface area contributed by atoms with Gasteiger partial charge in [0.25, 0.3) is 0 Å². The highest BCUT2D eigenvalue weighted by molar-refractivity contribution is 5.90. The number of nitrogens with one attached hydrogen (secondary N) is 1. The van der Waals surface area contributed by atoms with Crippen LogP contribution in [0.5, 0.6) is 11.6 Å². The number of nitrogens with zero attached hydrogens (tertiary/aromatic N) is 1. The van der Waals surface area contributed by atoms with E-state index in [1.807, 2.05) is 32.0 Å². The molecule has 0 spiro atoms. The van der Waals surface area contributed by atoms with Crippen LogP contribution < -0.4 is 15.8 Å². The van der Waals surface area contributed by atoms with Crippen molar-refractivity contribution in [1.82, 2.24) is 4.98 Å². The first-order valence-corrected chi connectivity index (χ1v) is 7.76. The summed E-state index contributed by atoms with van der Waals surface area (Å²) in [5.41, 5.74) is 8.33. The fourth-order valence-electron chi connectivity index (χ4n) is 2.14. The normalized spacial score (nSPS) is 11.8. The molecular formula is C18H23N3O3. The molecule has 0 aliphatic carbocycles. The molecule has 128 valence electrons. The minimum Gasteiger partial charge on any atom is -0.439 e. The predicted octanol–water partition coefficient (Wildman–Crippen LogP) is 2.79. The highest BCUT2D eigenvalue weighted by Gasteiger charge is 2.12. The van der Waals surface area contributed by atoms with Gasteiger partial charge in [0, 0.05) is 19.7 Å². The van der Waals surface area contributed by atoms with E-state index in [9.17, 15) is 4.79 Å². The van der Waals surface area contributed by atoms with Crippen molar-refractivity contribution in [3.05, 3.63) is 47.7 Å². The summed E-state index contributed by atoms with van der Waals surface area (Å²) < 4.78 is 10.9. The molecule has 0 saturated heterocycles. The number of anilines is 1. The van der Waals surface area contributed by atoms with Crippen LogP contribution in [-0.4, -0.2) is 30.6 Å². The number of aryl methyl sites for hydroxylation is 1. The molecular weight excluding hydrogens is 306 g/mol. The largest absolute Gasteiger partial charge is 0.439 e. The summed E-state index contributed by atoms with van der Waals surface area (Å²) in [5.74, 6) is 1.07. The Labute approximate surface area is 142 Å². The molecule has 6 heteroatoms. The number of aromatic nitrogens is 1. The number of ether oxygens (including phenoxy) is 2. The smallest absolute Gasteiger partial charge is 0.227 e. The van der Waals surface area contributed by atoms with E-state index in [2.05, 4.69) is 10.3 Å². The van der Waals surface area contributed by atoms with Crippen molar-refractivity contribution in [1.29, 1.82) is 0 Å². The van der Waals surface area contributed by atoms with Gasteiger partial charge in [-0.2, -0.15) is 0 Å². The van der Waals surface area contributed by atoms with E-state index in [1.165, 1.54) is 7.11 Å². The van der Waals surface area contributed by atoms with Gasteiger partial charge in [-0.25, -0.2) is 4.98 Å². The number of hydrogen-bond acceptors (Lipinski definition) is 5. The molecule has 3 N–H and O–H groups in total. The number of carbonyl (C=O) groups excluding carboxylic acids is 1. The summed E-state index contributed by atoms with van der Waals surface area (Å²) in [6.45, 7) is 4.33. The molecule has 0 aliphatic heterocycles. The number of amides is 1. The van der Waals surface area contributed by atoms with Gasteiger partial charge in [-0.1, -0.05) is 12.1 Å². The Morgan fingerprint density at radius 2 is 2.08 bits per heavy atom. The van der Waals surface area contributed by atoms with Gasteiger partial charge < -0.3 is 20.5 Å². The van der Waals surface area contributed by atoms with Crippen LogP contribution in [0.4, 0.5) is 5.69 Å². The van der Waals surface area contributed by atoms with Crippen LogP contribution in [0.15, 0.2) is 36.5 Å². The van der Waals surface area contributed by atoms with E-state index >= 15 is 0 Å². The number of carbonyl (C=O) groups is 1. The third-order valence-corrected chi connectivity index (χ3v) is 3.80. The van der Waals surface area contributed by atoms with Gasteiger partial charge in [-0.05, 0) is 37.1 Å². The maximum atomic E-state index is 11.9. The number of benzene rings is 1. The first kappa shape index (κ1) is 17.9. The third kappa shape index (κ3) is 4.78. The Bertz CT molecular complexity index is 682. The Morgan fingerprint density at radius 1 is 1.29 bits per heavy atom. The zero-order valence-corrected chi connectivity index (χ0v) is 14.2. The van der Waals surface area contributed by atoms with Crippen LogP contribution >= 0.6 is 0 Å². The average molecular weight is 329 g/mol. The summed E-state index contributed by atoms with van der Waals surface area (Å²) in [6.07, 6.45) is 1.47. The lowest BCUT2D eigenvalue weighted by Gasteiger charge is -2.13. The third-order valence-electron chi connectivity index (χ3n) is 3.80. The Morgan fingerprint density at radius 3 is 2.71 bits per heavy atom. The number of pyridine rings is 1. The highest BCUT2D eigenvalue weighted by atomic mass is 16.5. The summed E-state index contributed by atoms with van der Waals surface area (Å²) in [6, 6.07) is 9.33. The molecule has 1 aromatic carbocycles. The van der Waals surface area contributed by atoms with Crippen LogP contribution in [0.25, 0.3) is 0 Å². The molecule has 0 bridgehead atoms. The van der Waals surface area contributed by atoms with Crippen LogP contribution in [0.2, 0.25) is 0 Å². The molecule has 2 rings (SSSR count). The molecule has 0 radical (unpaired) electrons. The Hall–Kier alpha value is -2.44.